The van der Waals surface area contributed by atoms with Crippen LogP contribution in [0.5, 0.6) is 5.88 Å². The Bertz CT molecular complexity index is 559. The molecular formula is C13H15BrN4O. The topological polar surface area (TPSA) is 64.3 Å². The van der Waals surface area contributed by atoms with Gasteiger partial charge in [-0.25, -0.2) is 4.98 Å². The first-order valence-electron chi connectivity index (χ1n) is 5.75. The second kappa shape index (κ2) is 5.99. The van der Waals surface area contributed by atoms with Crippen molar-refractivity contribution in [1.82, 2.24) is 9.97 Å². The van der Waals surface area contributed by atoms with Gasteiger partial charge in [-0.05, 0) is 33.6 Å². The van der Waals surface area contributed by atoms with Crippen LogP contribution >= 0.6 is 15.9 Å². The Morgan fingerprint density at radius 3 is 2.58 bits per heavy atom. The number of nitrogens with zero attached hydrogens (tertiary/aromatic N) is 3. The molecule has 0 aliphatic carbocycles. The molecule has 0 fully saturated rings. The van der Waals surface area contributed by atoms with E-state index in [2.05, 4.69) is 25.9 Å². The van der Waals surface area contributed by atoms with Crippen molar-refractivity contribution in [2.24, 2.45) is 5.73 Å². The van der Waals surface area contributed by atoms with Gasteiger partial charge in [0, 0.05) is 19.3 Å². The highest BCUT2D eigenvalue weighted by Crippen LogP contribution is 2.26. The van der Waals surface area contributed by atoms with Gasteiger partial charge in [-0.2, -0.15) is 4.98 Å². The zero-order valence-electron chi connectivity index (χ0n) is 10.8. The van der Waals surface area contributed by atoms with Crippen molar-refractivity contribution in [1.29, 1.82) is 0 Å². The minimum Gasteiger partial charge on any atom is -0.480 e. The SMILES string of the molecule is COc1nc(N(C)c2ccc(CN)cc2)ncc1Br. The average molecular weight is 323 g/mol. The summed E-state index contributed by atoms with van der Waals surface area (Å²) in [4.78, 5) is 10.5. The normalized spacial score (nSPS) is 10.3. The molecule has 0 saturated carbocycles. The second-order valence-corrected chi connectivity index (χ2v) is 4.81. The van der Waals surface area contributed by atoms with Crippen molar-refractivity contribution in [2.45, 2.75) is 6.54 Å². The van der Waals surface area contributed by atoms with E-state index in [1.807, 2.05) is 36.2 Å². The van der Waals surface area contributed by atoms with Crippen LogP contribution < -0.4 is 15.4 Å². The fraction of sp³-hybridized carbons (Fsp3) is 0.231. The van der Waals surface area contributed by atoms with Gasteiger partial charge < -0.3 is 15.4 Å². The lowest BCUT2D eigenvalue weighted by Crippen LogP contribution is -2.13. The summed E-state index contributed by atoms with van der Waals surface area (Å²) in [5.74, 6) is 1.08. The maximum atomic E-state index is 5.58. The first kappa shape index (κ1) is 13.8. The minimum absolute atomic E-state index is 0.510. The molecule has 1 aromatic heterocycles. The number of hydrogen-bond acceptors (Lipinski definition) is 5. The molecule has 5 nitrogen and oxygen atoms in total. The summed E-state index contributed by atoms with van der Waals surface area (Å²) in [6, 6.07) is 7.95. The van der Waals surface area contributed by atoms with Crippen molar-refractivity contribution >= 4 is 27.6 Å². The van der Waals surface area contributed by atoms with Crippen molar-refractivity contribution in [3.05, 3.63) is 40.5 Å². The second-order valence-electron chi connectivity index (χ2n) is 3.96. The molecule has 0 radical (unpaired) electrons. The number of benzene rings is 1. The maximum absolute atomic E-state index is 5.58. The van der Waals surface area contributed by atoms with Crippen molar-refractivity contribution in [3.63, 3.8) is 0 Å². The van der Waals surface area contributed by atoms with Crippen LogP contribution in [0.15, 0.2) is 34.9 Å². The van der Waals surface area contributed by atoms with E-state index in [4.69, 9.17) is 10.5 Å². The van der Waals surface area contributed by atoms with Crippen LogP contribution in [0.1, 0.15) is 5.56 Å². The number of aromatic nitrogens is 2. The molecule has 1 aromatic carbocycles. The summed E-state index contributed by atoms with van der Waals surface area (Å²) in [6.07, 6.45) is 1.67. The largest absolute Gasteiger partial charge is 0.480 e. The van der Waals surface area contributed by atoms with Gasteiger partial charge in [0.1, 0.15) is 0 Å². The fourth-order valence-electron chi connectivity index (χ4n) is 1.62. The standard InChI is InChI=1S/C13H15BrN4O/c1-18(10-5-3-9(7-15)4-6-10)13-16-8-11(14)12(17-13)19-2/h3-6,8H,7,15H2,1-2H3. The number of nitrogens with two attached hydrogens (primary N) is 1. The molecule has 0 atom stereocenters. The molecular weight excluding hydrogens is 308 g/mol. The highest BCUT2D eigenvalue weighted by atomic mass is 79.9. The molecule has 6 heteroatoms. The average Bonchev–Trinajstić information content (AvgIpc) is 2.47. The number of hydrogen-bond donors (Lipinski definition) is 1. The predicted octanol–water partition coefficient (Wildman–Crippen LogP) is 2.47. The van der Waals surface area contributed by atoms with E-state index in [1.54, 1.807) is 13.3 Å². The number of rotatable bonds is 4. The van der Waals surface area contributed by atoms with Crippen LogP contribution in [0.2, 0.25) is 0 Å². The zero-order valence-corrected chi connectivity index (χ0v) is 12.4. The van der Waals surface area contributed by atoms with E-state index in [0.29, 0.717) is 18.4 Å². The molecule has 2 N–H and O–H groups in total. The Hall–Kier alpha value is -1.66. The fourth-order valence-corrected chi connectivity index (χ4v) is 1.97. The van der Waals surface area contributed by atoms with E-state index in [0.717, 1.165) is 15.7 Å². The van der Waals surface area contributed by atoms with E-state index >= 15 is 0 Å². The van der Waals surface area contributed by atoms with Gasteiger partial charge in [-0.3, -0.25) is 0 Å². The molecule has 0 aliphatic rings. The van der Waals surface area contributed by atoms with Crippen molar-refractivity contribution < 1.29 is 4.74 Å². The summed E-state index contributed by atoms with van der Waals surface area (Å²) in [7, 11) is 3.48. The Balaban J connectivity index is 2.29. The molecule has 0 spiro atoms. The Morgan fingerprint density at radius 1 is 1.32 bits per heavy atom. The molecule has 1 heterocycles. The summed E-state index contributed by atoms with van der Waals surface area (Å²) in [5, 5.41) is 0. The third kappa shape index (κ3) is 3.02. The number of ether oxygens (including phenoxy) is 1. The summed E-state index contributed by atoms with van der Waals surface area (Å²) in [6.45, 7) is 0.534. The molecule has 19 heavy (non-hydrogen) atoms. The quantitative estimate of drug-likeness (QED) is 0.936. The van der Waals surface area contributed by atoms with Gasteiger partial charge in [0.25, 0.3) is 0 Å². The lowest BCUT2D eigenvalue weighted by molar-refractivity contribution is 0.394. The Morgan fingerprint density at radius 2 is 2.00 bits per heavy atom. The molecule has 100 valence electrons. The van der Waals surface area contributed by atoms with Crippen molar-refractivity contribution in [3.8, 4) is 5.88 Å². The van der Waals surface area contributed by atoms with Crippen molar-refractivity contribution in [2.75, 3.05) is 19.1 Å². The van der Waals surface area contributed by atoms with Crippen LogP contribution in [0.4, 0.5) is 11.6 Å². The highest BCUT2D eigenvalue weighted by Gasteiger charge is 2.10. The van der Waals surface area contributed by atoms with Gasteiger partial charge >= 0.3 is 0 Å². The van der Waals surface area contributed by atoms with E-state index in [1.165, 1.54) is 0 Å². The van der Waals surface area contributed by atoms with Crippen LogP contribution in [0.3, 0.4) is 0 Å². The van der Waals surface area contributed by atoms with E-state index in [-0.39, 0.29) is 0 Å². The van der Waals surface area contributed by atoms with Crippen LogP contribution in [0, 0.1) is 0 Å². The maximum Gasteiger partial charge on any atom is 0.232 e. The van der Waals surface area contributed by atoms with Gasteiger partial charge in [-0.1, -0.05) is 12.1 Å². The molecule has 2 rings (SSSR count). The molecule has 0 bridgehead atoms. The lowest BCUT2D eigenvalue weighted by atomic mass is 10.2. The van der Waals surface area contributed by atoms with Gasteiger partial charge in [0.15, 0.2) is 0 Å². The van der Waals surface area contributed by atoms with Gasteiger partial charge in [0.05, 0.1) is 17.8 Å². The van der Waals surface area contributed by atoms with Crippen LogP contribution in [0.25, 0.3) is 0 Å². The predicted molar refractivity (Wildman–Crippen MR) is 78.7 cm³/mol. The molecule has 0 aliphatic heterocycles. The summed E-state index contributed by atoms with van der Waals surface area (Å²) >= 11 is 3.33. The van der Waals surface area contributed by atoms with Gasteiger partial charge in [-0.15, -0.1) is 0 Å². The summed E-state index contributed by atoms with van der Waals surface area (Å²) in [5.41, 5.74) is 7.66. The third-order valence-corrected chi connectivity index (χ3v) is 3.30. The molecule has 0 unspecified atom stereocenters. The smallest absolute Gasteiger partial charge is 0.232 e. The Kier molecular flexibility index (Phi) is 4.34. The molecule has 0 amide bonds. The zero-order chi connectivity index (χ0) is 13.8. The number of anilines is 2. The number of methoxy groups -OCH3 is 1. The molecule has 0 saturated heterocycles. The van der Waals surface area contributed by atoms with E-state index < -0.39 is 0 Å². The number of halogens is 1. The first-order valence-corrected chi connectivity index (χ1v) is 6.54. The summed E-state index contributed by atoms with van der Waals surface area (Å²) < 4.78 is 5.89. The third-order valence-electron chi connectivity index (χ3n) is 2.75. The lowest BCUT2D eigenvalue weighted by Gasteiger charge is -2.18. The monoisotopic (exact) mass is 322 g/mol. The van der Waals surface area contributed by atoms with E-state index in [9.17, 15) is 0 Å². The molecule has 2 aromatic rings. The Labute approximate surface area is 120 Å². The van der Waals surface area contributed by atoms with Gasteiger partial charge in [0.2, 0.25) is 11.8 Å². The first-order chi connectivity index (χ1) is 9.15. The van der Waals surface area contributed by atoms with Crippen LogP contribution in [-0.2, 0) is 6.54 Å². The highest BCUT2D eigenvalue weighted by molar-refractivity contribution is 9.10. The minimum atomic E-state index is 0.510. The van der Waals surface area contributed by atoms with Crippen LogP contribution in [-0.4, -0.2) is 24.1 Å².